The Morgan fingerprint density at radius 1 is 0.900 bits per heavy atom. The summed E-state index contributed by atoms with van der Waals surface area (Å²) in [5, 5.41) is 22.1. The first-order valence-electron chi connectivity index (χ1n) is 9.65. The number of rotatable bonds is 6. The summed E-state index contributed by atoms with van der Waals surface area (Å²) < 4.78 is 0. The number of nitrogens with one attached hydrogen (secondary N) is 1. The number of non-ortho nitro benzene ring substituents is 2. The van der Waals surface area contributed by atoms with Crippen LogP contribution in [0.4, 0.5) is 11.4 Å². The number of piperidine rings is 1. The Balaban J connectivity index is 1.98. The fraction of sp³-hybridized carbons (Fsp3) is 0.227. The van der Waals surface area contributed by atoms with Crippen LogP contribution in [0, 0.1) is 20.2 Å². The minimum atomic E-state index is -0.465. The normalized spacial score (nSPS) is 19.2. The molecule has 154 valence electrons. The van der Waals surface area contributed by atoms with E-state index in [1.54, 1.807) is 36.4 Å². The number of nitrogens with zero attached hydrogens (tertiary/aromatic N) is 2. The van der Waals surface area contributed by atoms with E-state index in [-0.39, 0.29) is 17.2 Å². The summed E-state index contributed by atoms with van der Waals surface area (Å²) in [4.78, 5) is 35.4. The average Bonchev–Trinajstić information content (AvgIpc) is 2.72. The van der Waals surface area contributed by atoms with Gasteiger partial charge in [0.05, 0.1) is 27.5 Å². The molecule has 2 aromatic rings. The summed E-state index contributed by atoms with van der Waals surface area (Å²) in [7, 11) is 0. The van der Waals surface area contributed by atoms with E-state index >= 15 is 0 Å². The highest BCUT2D eigenvalue weighted by molar-refractivity contribution is 6.14. The van der Waals surface area contributed by atoms with Gasteiger partial charge in [0.15, 0.2) is 5.78 Å². The summed E-state index contributed by atoms with van der Waals surface area (Å²) in [5.41, 5.74) is 2.28. The summed E-state index contributed by atoms with van der Waals surface area (Å²) in [6.07, 6.45) is 4.34. The number of likely N-dealkylation sites (tertiary alicyclic amines) is 1. The quantitative estimate of drug-likeness (QED) is 0.449. The molecule has 2 aromatic carbocycles. The Hall–Kier alpha value is -3.65. The summed E-state index contributed by atoms with van der Waals surface area (Å²) in [5.74, 6) is -0.132. The molecule has 0 bridgehead atoms. The van der Waals surface area contributed by atoms with Crippen molar-refractivity contribution in [3.8, 4) is 0 Å². The molecule has 8 heteroatoms. The molecule has 3 rings (SSSR count). The molecule has 0 amide bonds. The predicted molar refractivity (Wildman–Crippen MR) is 113 cm³/mol. The molecule has 1 aliphatic heterocycles. The van der Waals surface area contributed by atoms with Crippen LogP contribution in [-0.4, -0.2) is 35.3 Å². The van der Waals surface area contributed by atoms with Gasteiger partial charge in [0.2, 0.25) is 0 Å². The van der Waals surface area contributed by atoms with Gasteiger partial charge >= 0.3 is 0 Å². The van der Waals surface area contributed by atoms with Crippen LogP contribution < -0.4 is 4.90 Å². The second kappa shape index (κ2) is 9.23. The lowest BCUT2D eigenvalue weighted by atomic mass is 9.94. The highest BCUT2D eigenvalue weighted by atomic mass is 16.6. The third-order valence-electron chi connectivity index (χ3n) is 4.91. The number of nitro groups is 2. The van der Waals surface area contributed by atoms with E-state index in [1.807, 2.05) is 0 Å². The Morgan fingerprint density at radius 2 is 1.37 bits per heavy atom. The molecule has 1 aliphatic rings. The zero-order chi connectivity index (χ0) is 21.7. The Labute approximate surface area is 173 Å². The van der Waals surface area contributed by atoms with Gasteiger partial charge < -0.3 is 4.90 Å². The lowest BCUT2D eigenvalue weighted by Crippen LogP contribution is -3.13. The molecular formula is C22H22N3O5+. The number of hydrogen-bond acceptors (Lipinski definition) is 5. The minimum absolute atomic E-state index is 0.0299. The molecule has 8 nitrogen and oxygen atoms in total. The van der Waals surface area contributed by atoms with E-state index in [4.69, 9.17) is 0 Å². The van der Waals surface area contributed by atoms with Crippen LogP contribution in [0.3, 0.4) is 0 Å². The molecule has 0 saturated carbocycles. The number of carbonyl (C=O) groups is 1. The third kappa shape index (κ3) is 5.03. The van der Waals surface area contributed by atoms with Crippen molar-refractivity contribution in [2.45, 2.75) is 13.3 Å². The van der Waals surface area contributed by atoms with Crippen LogP contribution in [0.2, 0.25) is 0 Å². The molecule has 0 unspecified atom stereocenters. The molecule has 1 saturated heterocycles. The number of Topliss-reactive ketones (excluding diaryl/α,β-unsaturated/α-hetero) is 1. The summed E-state index contributed by atoms with van der Waals surface area (Å²) >= 11 is 0. The molecule has 1 N–H and O–H groups in total. The molecule has 0 radical (unpaired) electrons. The van der Waals surface area contributed by atoms with Crippen molar-refractivity contribution in [2.75, 3.05) is 19.6 Å². The monoisotopic (exact) mass is 408 g/mol. The average molecular weight is 408 g/mol. The number of ketones is 1. The van der Waals surface area contributed by atoms with Gasteiger partial charge in [-0.25, -0.2) is 0 Å². The van der Waals surface area contributed by atoms with Gasteiger partial charge in [-0.3, -0.25) is 25.0 Å². The van der Waals surface area contributed by atoms with Crippen LogP contribution in [0.15, 0.2) is 59.7 Å². The molecule has 1 heterocycles. The Bertz CT molecular complexity index is 979. The van der Waals surface area contributed by atoms with Crippen LogP contribution in [0.25, 0.3) is 12.2 Å². The first kappa shape index (κ1) is 21.1. The summed E-state index contributed by atoms with van der Waals surface area (Å²) in [6, 6.07) is 12.3. The van der Waals surface area contributed by atoms with Gasteiger partial charge in [0.25, 0.3) is 11.4 Å². The van der Waals surface area contributed by atoms with Crippen molar-refractivity contribution >= 4 is 29.3 Å². The zero-order valence-corrected chi connectivity index (χ0v) is 16.5. The number of hydrogen-bond donors (Lipinski definition) is 1. The molecule has 0 spiro atoms. The van der Waals surface area contributed by atoms with Crippen molar-refractivity contribution in [3.05, 3.63) is 91.0 Å². The van der Waals surface area contributed by atoms with E-state index in [2.05, 4.69) is 6.92 Å². The van der Waals surface area contributed by atoms with Crippen molar-refractivity contribution in [1.82, 2.24) is 0 Å². The van der Waals surface area contributed by atoms with Crippen LogP contribution in [0.1, 0.15) is 24.5 Å². The smallest absolute Gasteiger partial charge is 0.270 e. The maximum absolute atomic E-state index is 13.1. The largest absolute Gasteiger partial charge is 0.327 e. The highest BCUT2D eigenvalue weighted by Crippen LogP contribution is 2.20. The topological polar surface area (TPSA) is 108 Å². The molecule has 30 heavy (non-hydrogen) atoms. The minimum Gasteiger partial charge on any atom is -0.327 e. The van der Waals surface area contributed by atoms with Gasteiger partial charge in [-0.1, -0.05) is 31.2 Å². The Kier molecular flexibility index (Phi) is 6.48. The van der Waals surface area contributed by atoms with Gasteiger partial charge in [-0.2, -0.15) is 0 Å². The number of carbonyl (C=O) groups excluding carboxylic acids is 1. The maximum atomic E-state index is 13.1. The van der Waals surface area contributed by atoms with E-state index < -0.39 is 9.85 Å². The molecule has 1 fully saturated rings. The SMILES string of the molecule is CCC[NH+]1C/C(=C\c2cccc([N+](=O)[O-])c2)C(=O)/C(=C/c2cccc([N+](=O)[O-])c2)C1. The fourth-order valence-electron chi connectivity index (χ4n) is 3.59. The second-order valence-electron chi connectivity index (χ2n) is 7.23. The number of benzene rings is 2. The standard InChI is InChI=1S/C22H21N3O5/c1-2-9-23-14-18(10-16-5-3-7-20(12-16)24(27)28)22(26)19(15-23)11-17-6-4-8-21(13-17)25(29)30/h3-8,10-13H,2,9,14-15H2,1H3/p+1/b18-10+,19-11+. The van der Waals surface area contributed by atoms with E-state index in [0.717, 1.165) is 13.0 Å². The molecule has 0 aliphatic carbocycles. The van der Waals surface area contributed by atoms with Crippen LogP contribution >= 0.6 is 0 Å². The lowest BCUT2D eigenvalue weighted by Gasteiger charge is -2.26. The maximum Gasteiger partial charge on any atom is 0.270 e. The van der Waals surface area contributed by atoms with E-state index in [0.29, 0.717) is 35.4 Å². The summed E-state index contributed by atoms with van der Waals surface area (Å²) in [6.45, 7) is 3.99. The predicted octanol–water partition coefficient (Wildman–Crippen LogP) is 2.85. The van der Waals surface area contributed by atoms with Crippen molar-refractivity contribution < 1.29 is 19.5 Å². The van der Waals surface area contributed by atoms with Crippen molar-refractivity contribution in [2.24, 2.45) is 0 Å². The van der Waals surface area contributed by atoms with E-state index in [1.165, 1.54) is 29.2 Å². The highest BCUT2D eigenvalue weighted by Gasteiger charge is 2.29. The van der Waals surface area contributed by atoms with Gasteiger partial charge in [-0.15, -0.1) is 0 Å². The van der Waals surface area contributed by atoms with Crippen LogP contribution in [-0.2, 0) is 4.79 Å². The number of quaternary nitrogens is 1. The fourth-order valence-corrected chi connectivity index (χ4v) is 3.59. The van der Waals surface area contributed by atoms with Crippen LogP contribution in [0.5, 0.6) is 0 Å². The zero-order valence-electron chi connectivity index (χ0n) is 16.5. The van der Waals surface area contributed by atoms with Gasteiger partial charge in [-0.05, 0) is 29.7 Å². The molecule has 0 atom stereocenters. The third-order valence-corrected chi connectivity index (χ3v) is 4.91. The first-order valence-corrected chi connectivity index (χ1v) is 9.65. The van der Waals surface area contributed by atoms with Gasteiger partial charge in [0.1, 0.15) is 13.1 Å². The molecule has 0 aromatic heterocycles. The molecular weight excluding hydrogens is 386 g/mol. The second-order valence-corrected chi connectivity index (χ2v) is 7.23. The first-order chi connectivity index (χ1) is 14.4. The van der Waals surface area contributed by atoms with Crippen molar-refractivity contribution in [3.63, 3.8) is 0 Å². The number of nitro benzene ring substituents is 2. The van der Waals surface area contributed by atoms with E-state index in [9.17, 15) is 25.0 Å². The van der Waals surface area contributed by atoms with Crippen molar-refractivity contribution in [1.29, 1.82) is 0 Å². The Morgan fingerprint density at radius 3 is 1.77 bits per heavy atom. The van der Waals surface area contributed by atoms with Gasteiger partial charge in [0, 0.05) is 24.3 Å². The lowest BCUT2D eigenvalue weighted by molar-refractivity contribution is -0.891.